The number of fused-ring (bicyclic) bond motifs is 2. The smallest absolute Gasteiger partial charge is 0.407 e. The highest BCUT2D eigenvalue weighted by molar-refractivity contribution is 7.92. The summed E-state index contributed by atoms with van der Waals surface area (Å²) in [6.45, 7) is 6.25. The van der Waals surface area contributed by atoms with E-state index in [1.807, 2.05) is 0 Å². The van der Waals surface area contributed by atoms with Crippen molar-refractivity contribution in [2.24, 2.45) is 11.8 Å². The Kier molecular flexibility index (Phi) is 11.5. The first-order valence-electron chi connectivity index (χ1n) is 15.7. The van der Waals surface area contributed by atoms with E-state index in [9.17, 15) is 23.1 Å². The highest BCUT2D eigenvalue weighted by Crippen LogP contribution is 2.35. The maximum absolute atomic E-state index is 13.7. The van der Waals surface area contributed by atoms with Crippen molar-refractivity contribution in [3.05, 3.63) is 48.0 Å². The lowest BCUT2D eigenvalue weighted by atomic mass is 10.0. The number of nitrogens with one attached hydrogen (secondary N) is 3. The van der Waals surface area contributed by atoms with Gasteiger partial charge >= 0.3 is 6.09 Å². The first kappa shape index (κ1) is 34.7. The molecule has 15 heteroatoms. The van der Waals surface area contributed by atoms with Crippen molar-refractivity contribution < 1.29 is 51.5 Å². The van der Waals surface area contributed by atoms with Crippen LogP contribution in [-0.2, 0) is 35.3 Å². The largest absolute Gasteiger partial charge is 0.492 e. The lowest BCUT2D eigenvalue weighted by Gasteiger charge is -2.29. The molecule has 3 heterocycles. The molecular formula is C32H43N3O11S. The van der Waals surface area contributed by atoms with Crippen LogP contribution in [0.3, 0.4) is 0 Å². The van der Waals surface area contributed by atoms with Gasteiger partial charge in [-0.15, -0.1) is 0 Å². The van der Waals surface area contributed by atoms with Gasteiger partial charge in [-0.2, -0.15) is 0 Å². The first-order chi connectivity index (χ1) is 22.5. The number of aliphatic hydroxyl groups is 1. The lowest BCUT2D eigenvalue weighted by molar-refractivity contribution is -0.119. The Morgan fingerprint density at radius 1 is 1.06 bits per heavy atom. The number of hydrogen-bond donors (Lipinski definition) is 4. The predicted molar refractivity (Wildman–Crippen MR) is 168 cm³/mol. The number of aliphatic hydroxyl groups excluding tert-OH is 1. The number of sulfone groups is 1. The van der Waals surface area contributed by atoms with Crippen LogP contribution in [0.2, 0.25) is 0 Å². The van der Waals surface area contributed by atoms with Crippen LogP contribution in [0.5, 0.6) is 17.2 Å². The van der Waals surface area contributed by atoms with Gasteiger partial charge in [0.05, 0.1) is 42.7 Å². The lowest BCUT2D eigenvalue weighted by Crippen LogP contribution is -2.52. The number of amides is 2. The maximum Gasteiger partial charge on any atom is 0.407 e. The fourth-order valence-electron chi connectivity index (χ4n) is 5.81. The van der Waals surface area contributed by atoms with Crippen molar-refractivity contribution in [2.75, 3.05) is 39.7 Å². The van der Waals surface area contributed by atoms with Crippen molar-refractivity contribution in [1.29, 1.82) is 0 Å². The second-order valence-electron chi connectivity index (χ2n) is 12.1. The minimum absolute atomic E-state index is 0.0187. The van der Waals surface area contributed by atoms with E-state index in [1.165, 1.54) is 19.1 Å². The summed E-state index contributed by atoms with van der Waals surface area (Å²) < 4.78 is 60.5. The molecule has 2 amide bonds. The highest BCUT2D eigenvalue weighted by Gasteiger charge is 2.44. The van der Waals surface area contributed by atoms with Crippen molar-refractivity contribution in [3.63, 3.8) is 0 Å². The molecule has 5 rings (SSSR count). The van der Waals surface area contributed by atoms with Crippen LogP contribution in [0.1, 0.15) is 32.8 Å². The van der Waals surface area contributed by atoms with E-state index in [0.717, 1.165) is 5.56 Å². The van der Waals surface area contributed by atoms with Gasteiger partial charge in [0.1, 0.15) is 23.8 Å². The molecule has 6 atom stereocenters. The molecule has 0 spiro atoms. The molecule has 0 saturated carbocycles. The van der Waals surface area contributed by atoms with E-state index in [1.54, 1.807) is 44.2 Å². The van der Waals surface area contributed by atoms with Crippen LogP contribution in [0.15, 0.2) is 47.4 Å². The summed E-state index contributed by atoms with van der Waals surface area (Å²) in [6.07, 6.45) is -1.87. The number of carbonyl (C=O) groups excluding carboxylic acids is 2. The zero-order valence-electron chi connectivity index (χ0n) is 26.7. The second kappa shape index (κ2) is 15.5. The number of ether oxygens (including phenoxy) is 6. The maximum atomic E-state index is 13.7. The zero-order valence-corrected chi connectivity index (χ0v) is 27.5. The highest BCUT2D eigenvalue weighted by atomic mass is 32.2. The van der Waals surface area contributed by atoms with Crippen molar-refractivity contribution in [1.82, 2.24) is 16.0 Å². The zero-order chi connectivity index (χ0) is 33.6. The molecule has 2 aromatic rings. The van der Waals surface area contributed by atoms with Crippen LogP contribution in [0.25, 0.3) is 0 Å². The average molecular weight is 678 g/mol. The molecule has 2 aromatic carbocycles. The Morgan fingerprint density at radius 2 is 1.83 bits per heavy atom. The number of benzene rings is 2. The quantitative estimate of drug-likeness (QED) is 0.201. The molecule has 3 aliphatic rings. The third kappa shape index (κ3) is 8.84. The normalized spacial score (nSPS) is 21.9. The Bertz CT molecular complexity index is 1490. The monoisotopic (exact) mass is 677 g/mol. The molecule has 2 fully saturated rings. The summed E-state index contributed by atoms with van der Waals surface area (Å²) in [4.78, 5) is 24.2. The van der Waals surface area contributed by atoms with E-state index in [0.29, 0.717) is 43.4 Å². The van der Waals surface area contributed by atoms with E-state index in [4.69, 9.17) is 28.4 Å². The molecule has 0 aromatic heterocycles. The van der Waals surface area contributed by atoms with Crippen LogP contribution in [0.4, 0.5) is 4.79 Å². The number of rotatable bonds is 15. The molecule has 4 N–H and O–H groups in total. The van der Waals surface area contributed by atoms with Gasteiger partial charge in [0.25, 0.3) is 0 Å². The molecule has 0 radical (unpaired) electrons. The van der Waals surface area contributed by atoms with Gasteiger partial charge in [-0.25, -0.2) is 13.2 Å². The molecule has 258 valence electrons. The van der Waals surface area contributed by atoms with Crippen LogP contribution in [-0.4, -0.2) is 95.1 Å². The number of hydrogen-bond acceptors (Lipinski definition) is 12. The van der Waals surface area contributed by atoms with Gasteiger partial charge in [0, 0.05) is 19.5 Å². The van der Waals surface area contributed by atoms with Crippen LogP contribution < -0.4 is 30.2 Å². The number of carbonyl (C=O) groups is 2. The SMILES string of the molecule is CC(=O)NCCOc1ccc(C[C@H](NC(=O)O[C@H]2CO[C@H]3OCC[C@H]32)[C@H](O)CNC(C(C)C)S(=O)(=O)c2ccc3c(c2)OCO3)cc1. The molecule has 2 saturated heterocycles. The summed E-state index contributed by atoms with van der Waals surface area (Å²) >= 11 is 0. The Labute approximate surface area is 274 Å². The Morgan fingerprint density at radius 3 is 2.57 bits per heavy atom. The fraction of sp³-hybridized carbons (Fsp3) is 0.562. The molecule has 14 nitrogen and oxygen atoms in total. The van der Waals surface area contributed by atoms with Gasteiger partial charge in [-0.05, 0) is 48.6 Å². The predicted octanol–water partition coefficient (Wildman–Crippen LogP) is 1.74. The molecule has 0 aliphatic carbocycles. The van der Waals surface area contributed by atoms with E-state index in [-0.39, 0.29) is 49.0 Å². The van der Waals surface area contributed by atoms with Gasteiger partial charge in [0.15, 0.2) is 27.6 Å². The van der Waals surface area contributed by atoms with Crippen molar-refractivity contribution >= 4 is 21.8 Å². The van der Waals surface area contributed by atoms with E-state index in [2.05, 4.69) is 16.0 Å². The van der Waals surface area contributed by atoms with E-state index >= 15 is 0 Å². The summed E-state index contributed by atoms with van der Waals surface area (Å²) in [7, 11) is -3.90. The molecular weight excluding hydrogens is 634 g/mol. The number of alkyl carbamates (subject to hydrolysis) is 1. The second-order valence-corrected chi connectivity index (χ2v) is 14.2. The third-order valence-electron chi connectivity index (χ3n) is 8.28. The topological polar surface area (TPSA) is 180 Å². The third-order valence-corrected chi connectivity index (χ3v) is 10.6. The summed E-state index contributed by atoms with van der Waals surface area (Å²) in [5.41, 5.74) is 0.783. The van der Waals surface area contributed by atoms with Crippen molar-refractivity contribution in [3.8, 4) is 17.2 Å². The summed E-state index contributed by atoms with van der Waals surface area (Å²) in [5, 5.41) is 18.8. The minimum Gasteiger partial charge on any atom is -0.492 e. The molecule has 1 unspecified atom stereocenters. The average Bonchev–Trinajstić information content (AvgIpc) is 3.78. The van der Waals surface area contributed by atoms with E-state index < -0.39 is 45.8 Å². The Balaban J connectivity index is 1.26. The molecule has 3 aliphatic heterocycles. The molecule has 47 heavy (non-hydrogen) atoms. The van der Waals surface area contributed by atoms with Crippen molar-refractivity contribution in [2.45, 2.75) is 68.4 Å². The first-order valence-corrected chi connectivity index (χ1v) is 17.3. The van der Waals surface area contributed by atoms with Crippen LogP contribution >= 0.6 is 0 Å². The standard InChI is InChI=1S/C32H43N3O11S/c1-19(2)30(47(39,40)23-8-9-27-28(15-23)45-18-44-27)34-16-26(37)25(35-32(38)46-29-17-43-31-24(29)10-12-42-31)14-21-4-6-22(7-5-21)41-13-11-33-20(3)36/h4-9,15,19,24-26,29-31,34,37H,10-14,16-18H2,1-3H3,(H,33,36)(H,35,38)/t24-,25-,26+,29-,30?,31+/m0/s1. The van der Waals surface area contributed by atoms with Gasteiger partial charge in [-0.3, -0.25) is 10.1 Å². The molecule has 0 bridgehead atoms. The summed E-state index contributed by atoms with van der Waals surface area (Å²) in [6, 6.07) is 10.7. The van der Waals surface area contributed by atoms with Crippen LogP contribution in [0, 0.1) is 11.8 Å². The fourth-order valence-corrected chi connectivity index (χ4v) is 7.66. The Hall–Kier alpha value is -3.63. The van der Waals surface area contributed by atoms with Gasteiger partial charge in [0.2, 0.25) is 12.7 Å². The van der Waals surface area contributed by atoms with Gasteiger partial charge < -0.3 is 44.2 Å². The van der Waals surface area contributed by atoms with Gasteiger partial charge in [-0.1, -0.05) is 26.0 Å². The summed E-state index contributed by atoms with van der Waals surface area (Å²) in [5.74, 6) is 0.848. The minimum atomic E-state index is -3.90.